The Kier molecular flexibility index (Phi) is 6.93. The summed E-state index contributed by atoms with van der Waals surface area (Å²) in [6, 6.07) is 22.2. The van der Waals surface area contributed by atoms with Crippen LogP contribution in [0.3, 0.4) is 0 Å². The van der Waals surface area contributed by atoms with Crippen molar-refractivity contribution >= 4 is 5.97 Å². The van der Waals surface area contributed by atoms with Crippen molar-refractivity contribution in [2.75, 3.05) is 13.7 Å². The molecule has 1 unspecified atom stereocenters. The van der Waals surface area contributed by atoms with E-state index in [1.54, 1.807) is 25.3 Å². The Balaban J connectivity index is 1.51. The van der Waals surface area contributed by atoms with Gasteiger partial charge in [0.1, 0.15) is 34.6 Å². The molecular formula is C28H26N2O5. The number of rotatable bonds is 7. The number of esters is 1. The van der Waals surface area contributed by atoms with Gasteiger partial charge in [0.25, 0.3) is 0 Å². The van der Waals surface area contributed by atoms with Crippen LogP contribution in [0.5, 0.6) is 23.0 Å². The number of methoxy groups -OCH3 is 1. The predicted octanol–water partition coefficient (Wildman–Crippen LogP) is 5.02. The van der Waals surface area contributed by atoms with Crippen LogP contribution in [0, 0.1) is 11.3 Å². The molecule has 0 spiro atoms. The second kappa shape index (κ2) is 10.2. The quantitative estimate of drug-likeness (QED) is 0.382. The molecule has 1 aliphatic rings. The summed E-state index contributed by atoms with van der Waals surface area (Å²) in [6.07, 6.45) is 0. The molecule has 0 amide bonds. The number of ether oxygens (including phenoxy) is 4. The van der Waals surface area contributed by atoms with Gasteiger partial charge in [0, 0.05) is 11.6 Å². The fraction of sp³-hybridized carbons (Fsp3) is 0.214. The first-order chi connectivity index (χ1) is 16.9. The number of benzene rings is 3. The summed E-state index contributed by atoms with van der Waals surface area (Å²) >= 11 is 0. The van der Waals surface area contributed by atoms with Gasteiger partial charge in [0.05, 0.1) is 13.0 Å². The number of fused-ring (bicyclic) bond motifs is 1. The van der Waals surface area contributed by atoms with Crippen molar-refractivity contribution < 1.29 is 23.7 Å². The summed E-state index contributed by atoms with van der Waals surface area (Å²) in [4.78, 5) is 12.4. The summed E-state index contributed by atoms with van der Waals surface area (Å²) in [5.74, 6) is 1.36. The highest BCUT2D eigenvalue weighted by atomic mass is 16.6. The molecule has 1 aliphatic heterocycles. The average molecular weight is 471 g/mol. The molecular weight excluding hydrogens is 444 g/mol. The Hall–Kier alpha value is -4.44. The van der Waals surface area contributed by atoms with E-state index in [1.165, 1.54) is 5.56 Å². The molecule has 1 atom stereocenters. The van der Waals surface area contributed by atoms with Crippen molar-refractivity contribution in [1.82, 2.24) is 0 Å². The van der Waals surface area contributed by atoms with Gasteiger partial charge in [-0.25, -0.2) is 4.79 Å². The summed E-state index contributed by atoms with van der Waals surface area (Å²) < 4.78 is 22.0. The lowest BCUT2D eigenvalue weighted by Crippen LogP contribution is -2.21. The van der Waals surface area contributed by atoms with E-state index in [-0.39, 0.29) is 18.2 Å². The number of hydrogen-bond donors (Lipinski definition) is 1. The fourth-order valence-electron chi connectivity index (χ4n) is 3.92. The number of allylic oxidation sites excluding steroid dienone is 1. The maximum atomic E-state index is 12.4. The number of nitrogens with zero attached hydrogens (tertiary/aromatic N) is 1. The zero-order valence-electron chi connectivity index (χ0n) is 19.8. The molecule has 0 aromatic heterocycles. The molecule has 3 aromatic rings. The molecule has 0 saturated carbocycles. The first kappa shape index (κ1) is 23.7. The van der Waals surface area contributed by atoms with Gasteiger partial charge in [0.15, 0.2) is 6.61 Å². The van der Waals surface area contributed by atoms with Gasteiger partial charge in [-0.1, -0.05) is 44.2 Å². The lowest BCUT2D eigenvalue weighted by molar-refractivity contribution is -0.136. The molecule has 1 heterocycles. The molecule has 3 aromatic carbocycles. The normalized spacial score (nSPS) is 14.5. The molecule has 178 valence electrons. The van der Waals surface area contributed by atoms with E-state index in [0.29, 0.717) is 28.7 Å². The van der Waals surface area contributed by atoms with Gasteiger partial charge in [-0.05, 0) is 47.4 Å². The highest BCUT2D eigenvalue weighted by Gasteiger charge is 2.31. The van der Waals surface area contributed by atoms with Crippen LogP contribution in [-0.4, -0.2) is 19.7 Å². The lowest BCUT2D eigenvalue weighted by Gasteiger charge is -2.27. The summed E-state index contributed by atoms with van der Waals surface area (Å²) in [7, 11) is 1.58. The van der Waals surface area contributed by atoms with E-state index in [4.69, 9.17) is 24.7 Å². The second-order valence-electron chi connectivity index (χ2n) is 8.39. The summed E-state index contributed by atoms with van der Waals surface area (Å²) in [5, 5.41) is 9.73. The van der Waals surface area contributed by atoms with Gasteiger partial charge in [0.2, 0.25) is 5.88 Å². The number of carbonyl (C=O) groups excluding carboxylic acids is 1. The number of hydrogen-bond acceptors (Lipinski definition) is 7. The minimum atomic E-state index is -0.556. The van der Waals surface area contributed by atoms with Gasteiger partial charge in [-0.2, -0.15) is 5.26 Å². The van der Waals surface area contributed by atoms with Crippen LogP contribution in [0.2, 0.25) is 0 Å². The van der Waals surface area contributed by atoms with Gasteiger partial charge in [-0.3, -0.25) is 0 Å². The van der Waals surface area contributed by atoms with Crippen molar-refractivity contribution in [1.29, 1.82) is 5.26 Å². The van der Waals surface area contributed by atoms with Crippen molar-refractivity contribution in [2.24, 2.45) is 5.73 Å². The van der Waals surface area contributed by atoms with Crippen LogP contribution in [0.15, 0.2) is 78.2 Å². The monoisotopic (exact) mass is 470 g/mol. The third-order valence-electron chi connectivity index (χ3n) is 5.75. The van der Waals surface area contributed by atoms with Crippen LogP contribution in [0.4, 0.5) is 0 Å². The zero-order valence-corrected chi connectivity index (χ0v) is 19.8. The van der Waals surface area contributed by atoms with E-state index in [1.807, 2.05) is 48.5 Å². The Morgan fingerprint density at radius 1 is 1.06 bits per heavy atom. The smallest absolute Gasteiger partial charge is 0.349 e. The average Bonchev–Trinajstić information content (AvgIpc) is 2.86. The number of nitriles is 1. The van der Waals surface area contributed by atoms with E-state index in [0.717, 1.165) is 11.1 Å². The molecule has 0 saturated heterocycles. The van der Waals surface area contributed by atoms with Crippen LogP contribution >= 0.6 is 0 Å². The lowest BCUT2D eigenvalue weighted by atomic mass is 9.83. The number of nitrogens with two attached hydrogens (primary N) is 1. The van der Waals surface area contributed by atoms with Crippen molar-refractivity contribution in [3.8, 4) is 29.1 Å². The second-order valence-corrected chi connectivity index (χ2v) is 8.39. The van der Waals surface area contributed by atoms with Crippen molar-refractivity contribution in [3.05, 3.63) is 94.9 Å². The summed E-state index contributed by atoms with van der Waals surface area (Å²) in [5.41, 5.74) is 9.11. The minimum Gasteiger partial charge on any atom is -0.497 e. The summed E-state index contributed by atoms with van der Waals surface area (Å²) in [6.45, 7) is 3.98. The van der Waals surface area contributed by atoms with E-state index < -0.39 is 11.9 Å². The first-order valence-corrected chi connectivity index (χ1v) is 11.2. The molecule has 0 aliphatic carbocycles. The zero-order chi connectivity index (χ0) is 24.9. The standard InChI is InChI=1S/C28H26N2O5/c1-17(2)18-7-9-20(10-8-18)33-16-26(31)34-22-11-12-23-25(14-22)35-28(30)24(15-29)27(23)19-5-4-6-21(13-19)32-3/h4-14,17,27H,16,30H2,1-3H3. The SMILES string of the molecule is COc1cccc(C2C(C#N)=C(N)Oc3cc(OC(=O)COc4ccc(C(C)C)cc4)ccc32)c1. The topological polar surface area (TPSA) is 104 Å². The highest BCUT2D eigenvalue weighted by Crippen LogP contribution is 2.44. The molecule has 0 radical (unpaired) electrons. The van der Waals surface area contributed by atoms with Crippen molar-refractivity contribution in [2.45, 2.75) is 25.7 Å². The molecule has 7 heteroatoms. The minimum absolute atomic E-state index is 0.00414. The van der Waals surface area contributed by atoms with Crippen LogP contribution in [0.1, 0.15) is 42.4 Å². The Morgan fingerprint density at radius 2 is 1.80 bits per heavy atom. The molecule has 0 fully saturated rings. The van der Waals surface area contributed by atoms with Crippen LogP contribution in [0.25, 0.3) is 0 Å². The van der Waals surface area contributed by atoms with Crippen LogP contribution in [-0.2, 0) is 4.79 Å². The first-order valence-electron chi connectivity index (χ1n) is 11.2. The molecule has 7 nitrogen and oxygen atoms in total. The van der Waals surface area contributed by atoms with E-state index >= 15 is 0 Å². The predicted molar refractivity (Wildman–Crippen MR) is 130 cm³/mol. The Labute approximate surface area is 204 Å². The van der Waals surface area contributed by atoms with Gasteiger partial charge < -0.3 is 24.7 Å². The fourth-order valence-corrected chi connectivity index (χ4v) is 3.92. The van der Waals surface area contributed by atoms with Gasteiger partial charge >= 0.3 is 5.97 Å². The maximum Gasteiger partial charge on any atom is 0.349 e. The van der Waals surface area contributed by atoms with Gasteiger partial charge in [-0.15, -0.1) is 0 Å². The molecule has 4 rings (SSSR count). The maximum absolute atomic E-state index is 12.4. The van der Waals surface area contributed by atoms with Crippen molar-refractivity contribution in [3.63, 3.8) is 0 Å². The van der Waals surface area contributed by atoms with Crippen LogP contribution < -0.4 is 24.7 Å². The molecule has 0 bridgehead atoms. The van der Waals surface area contributed by atoms with E-state index in [9.17, 15) is 10.1 Å². The Bertz CT molecular complexity index is 1310. The Morgan fingerprint density at radius 3 is 2.49 bits per heavy atom. The molecule has 2 N–H and O–H groups in total. The third-order valence-corrected chi connectivity index (χ3v) is 5.75. The van der Waals surface area contributed by atoms with E-state index in [2.05, 4.69) is 19.9 Å². The highest BCUT2D eigenvalue weighted by molar-refractivity contribution is 5.74. The largest absolute Gasteiger partial charge is 0.497 e. The number of carbonyl (C=O) groups is 1. The third kappa shape index (κ3) is 5.22. The molecule has 35 heavy (non-hydrogen) atoms.